The van der Waals surface area contributed by atoms with E-state index in [0.717, 1.165) is 42.3 Å². The lowest BCUT2D eigenvalue weighted by Crippen LogP contribution is -2.38. The number of rotatable bonds is 6. The minimum absolute atomic E-state index is 0.112. The van der Waals surface area contributed by atoms with Gasteiger partial charge in [-0.3, -0.25) is 14.5 Å². The van der Waals surface area contributed by atoms with Gasteiger partial charge in [0, 0.05) is 43.2 Å². The standard InChI is InChI=1S/C25H33N5O2/c1-17-6-5-7-19(14-17)10-13-30-22(31)9-8-21-18(2)26-24(27-25(21)30)20-11-12-29(15-20)23(32)16-28(3)4/h5-7,14,20H,8-13,15-16H2,1-4H3. The summed E-state index contributed by atoms with van der Waals surface area (Å²) in [6.45, 7) is 6.50. The van der Waals surface area contributed by atoms with Crippen molar-refractivity contribution in [2.75, 3.05) is 45.2 Å². The topological polar surface area (TPSA) is 69.6 Å². The van der Waals surface area contributed by atoms with Crippen molar-refractivity contribution in [1.29, 1.82) is 0 Å². The van der Waals surface area contributed by atoms with Crippen LogP contribution in [0, 0.1) is 13.8 Å². The van der Waals surface area contributed by atoms with E-state index in [1.807, 2.05) is 35.7 Å². The van der Waals surface area contributed by atoms with E-state index in [1.54, 1.807) is 0 Å². The number of fused-ring (bicyclic) bond motifs is 1. The second-order valence-electron chi connectivity index (χ2n) is 9.32. The third kappa shape index (κ3) is 4.83. The molecule has 2 aliphatic heterocycles. The molecule has 0 bridgehead atoms. The van der Waals surface area contributed by atoms with Crippen LogP contribution in [-0.4, -0.2) is 71.9 Å². The first kappa shape index (κ1) is 22.4. The number of aryl methyl sites for hydroxylation is 2. The molecule has 7 heteroatoms. The normalized spacial score (nSPS) is 18.4. The van der Waals surface area contributed by atoms with Crippen molar-refractivity contribution < 1.29 is 9.59 Å². The van der Waals surface area contributed by atoms with Gasteiger partial charge in [0.05, 0.1) is 6.54 Å². The molecule has 0 aliphatic carbocycles. The summed E-state index contributed by atoms with van der Waals surface area (Å²) in [5.74, 6) is 1.91. The van der Waals surface area contributed by atoms with Crippen LogP contribution in [0.25, 0.3) is 0 Å². The van der Waals surface area contributed by atoms with E-state index in [0.29, 0.717) is 32.5 Å². The van der Waals surface area contributed by atoms with Gasteiger partial charge in [0.15, 0.2) is 0 Å². The molecule has 1 atom stereocenters. The summed E-state index contributed by atoms with van der Waals surface area (Å²) in [4.78, 5) is 40.7. The first-order valence-electron chi connectivity index (χ1n) is 11.5. The van der Waals surface area contributed by atoms with Gasteiger partial charge in [0.1, 0.15) is 11.6 Å². The minimum atomic E-state index is 0.112. The summed E-state index contributed by atoms with van der Waals surface area (Å²) >= 11 is 0. The molecule has 170 valence electrons. The number of anilines is 1. The van der Waals surface area contributed by atoms with Crippen LogP contribution < -0.4 is 4.90 Å². The zero-order chi connectivity index (χ0) is 22.8. The number of aromatic nitrogens is 2. The summed E-state index contributed by atoms with van der Waals surface area (Å²) in [6, 6.07) is 8.42. The predicted molar refractivity (Wildman–Crippen MR) is 125 cm³/mol. The van der Waals surface area contributed by atoms with Crippen molar-refractivity contribution in [2.45, 2.75) is 45.4 Å². The van der Waals surface area contributed by atoms with E-state index in [4.69, 9.17) is 9.97 Å². The highest BCUT2D eigenvalue weighted by Crippen LogP contribution is 2.32. The minimum Gasteiger partial charge on any atom is -0.341 e. The Morgan fingerprint density at radius 3 is 2.75 bits per heavy atom. The number of likely N-dealkylation sites (tertiary alicyclic amines) is 1. The molecule has 0 saturated carbocycles. The lowest BCUT2D eigenvalue weighted by molar-refractivity contribution is -0.130. The molecule has 1 aromatic carbocycles. The van der Waals surface area contributed by atoms with Crippen molar-refractivity contribution in [3.63, 3.8) is 0 Å². The molecule has 2 aromatic rings. The Kier molecular flexibility index (Phi) is 6.55. The number of carbonyl (C=O) groups excluding carboxylic acids is 2. The molecular formula is C25H33N5O2. The van der Waals surface area contributed by atoms with Crippen LogP contribution in [0.2, 0.25) is 0 Å². The quantitative estimate of drug-likeness (QED) is 0.697. The number of amides is 2. The molecule has 1 saturated heterocycles. The lowest BCUT2D eigenvalue weighted by atomic mass is 10.0. The van der Waals surface area contributed by atoms with Crippen LogP contribution in [0.5, 0.6) is 0 Å². The Morgan fingerprint density at radius 2 is 2.00 bits per heavy atom. The number of hydrogen-bond donors (Lipinski definition) is 0. The number of nitrogens with zero attached hydrogens (tertiary/aromatic N) is 5. The summed E-state index contributed by atoms with van der Waals surface area (Å²) in [5, 5.41) is 0. The van der Waals surface area contributed by atoms with Gasteiger partial charge in [-0.25, -0.2) is 9.97 Å². The van der Waals surface area contributed by atoms with Gasteiger partial charge in [0.2, 0.25) is 11.8 Å². The Labute approximate surface area is 190 Å². The highest BCUT2D eigenvalue weighted by atomic mass is 16.2. The number of carbonyl (C=O) groups is 2. The third-order valence-corrected chi connectivity index (χ3v) is 6.42. The van der Waals surface area contributed by atoms with Gasteiger partial charge in [-0.05, 0) is 52.8 Å². The van der Waals surface area contributed by atoms with Crippen LogP contribution in [0.3, 0.4) is 0 Å². The SMILES string of the molecule is Cc1cccc(CCN2C(=O)CCc3c(C)nc(C4CCN(C(=O)CN(C)C)C4)nc32)c1. The fourth-order valence-corrected chi connectivity index (χ4v) is 4.69. The van der Waals surface area contributed by atoms with E-state index in [2.05, 4.69) is 31.2 Å². The average Bonchev–Trinajstić information content (AvgIpc) is 3.23. The molecule has 2 amide bonds. The molecule has 3 heterocycles. The zero-order valence-electron chi connectivity index (χ0n) is 19.6. The van der Waals surface area contributed by atoms with Crippen LogP contribution in [0.4, 0.5) is 5.82 Å². The lowest BCUT2D eigenvalue weighted by Gasteiger charge is -2.30. The Morgan fingerprint density at radius 1 is 1.19 bits per heavy atom. The van der Waals surface area contributed by atoms with Gasteiger partial charge in [0.25, 0.3) is 0 Å². The van der Waals surface area contributed by atoms with E-state index >= 15 is 0 Å². The molecule has 32 heavy (non-hydrogen) atoms. The van der Waals surface area contributed by atoms with Gasteiger partial charge >= 0.3 is 0 Å². The second-order valence-corrected chi connectivity index (χ2v) is 9.32. The second kappa shape index (κ2) is 9.36. The van der Waals surface area contributed by atoms with Gasteiger partial charge in [-0.2, -0.15) is 0 Å². The summed E-state index contributed by atoms with van der Waals surface area (Å²) in [5.41, 5.74) is 4.48. The molecule has 0 spiro atoms. The van der Waals surface area contributed by atoms with Crippen molar-refractivity contribution >= 4 is 17.6 Å². The summed E-state index contributed by atoms with van der Waals surface area (Å²) in [7, 11) is 3.81. The van der Waals surface area contributed by atoms with Crippen molar-refractivity contribution in [3.05, 3.63) is 52.5 Å². The smallest absolute Gasteiger partial charge is 0.236 e. The molecule has 4 rings (SSSR count). The molecule has 0 radical (unpaired) electrons. The third-order valence-electron chi connectivity index (χ3n) is 6.42. The van der Waals surface area contributed by atoms with Crippen LogP contribution in [0.15, 0.2) is 24.3 Å². The molecular weight excluding hydrogens is 402 g/mol. The maximum absolute atomic E-state index is 12.8. The number of likely N-dealkylation sites (N-methyl/N-ethyl adjacent to an activating group) is 1. The fourth-order valence-electron chi connectivity index (χ4n) is 4.69. The summed E-state index contributed by atoms with van der Waals surface area (Å²) < 4.78 is 0. The van der Waals surface area contributed by atoms with Crippen molar-refractivity contribution in [3.8, 4) is 0 Å². The van der Waals surface area contributed by atoms with E-state index in [-0.39, 0.29) is 17.7 Å². The monoisotopic (exact) mass is 435 g/mol. The largest absolute Gasteiger partial charge is 0.341 e. The molecule has 1 aromatic heterocycles. The zero-order valence-corrected chi connectivity index (χ0v) is 19.6. The summed E-state index contributed by atoms with van der Waals surface area (Å²) in [6.07, 6.45) is 2.84. The maximum Gasteiger partial charge on any atom is 0.236 e. The van der Waals surface area contributed by atoms with Gasteiger partial charge < -0.3 is 9.80 Å². The van der Waals surface area contributed by atoms with Crippen molar-refractivity contribution in [1.82, 2.24) is 19.8 Å². The Hall–Kier alpha value is -2.80. The van der Waals surface area contributed by atoms with E-state index < -0.39 is 0 Å². The molecule has 7 nitrogen and oxygen atoms in total. The van der Waals surface area contributed by atoms with Crippen LogP contribution in [0.1, 0.15) is 47.0 Å². The fraction of sp³-hybridized carbons (Fsp3) is 0.520. The van der Waals surface area contributed by atoms with Gasteiger partial charge in [-0.15, -0.1) is 0 Å². The van der Waals surface area contributed by atoms with Crippen molar-refractivity contribution in [2.24, 2.45) is 0 Å². The van der Waals surface area contributed by atoms with E-state index in [1.165, 1.54) is 11.1 Å². The molecule has 0 N–H and O–H groups in total. The predicted octanol–water partition coefficient (Wildman–Crippen LogP) is 2.49. The molecule has 1 fully saturated rings. The molecule has 2 aliphatic rings. The number of hydrogen-bond acceptors (Lipinski definition) is 5. The van der Waals surface area contributed by atoms with E-state index in [9.17, 15) is 9.59 Å². The Balaban J connectivity index is 1.54. The van der Waals surface area contributed by atoms with Gasteiger partial charge in [-0.1, -0.05) is 29.8 Å². The molecule has 1 unspecified atom stereocenters. The average molecular weight is 436 g/mol. The first-order chi connectivity index (χ1) is 15.3. The Bertz CT molecular complexity index is 1020. The number of benzene rings is 1. The maximum atomic E-state index is 12.8. The first-order valence-corrected chi connectivity index (χ1v) is 11.5. The highest BCUT2D eigenvalue weighted by Gasteiger charge is 2.33. The van der Waals surface area contributed by atoms with Crippen LogP contribution >= 0.6 is 0 Å². The van der Waals surface area contributed by atoms with Crippen LogP contribution in [-0.2, 0) is 22.4 Å². The highest BCUT2D eigenvalue weighted by molar-refractivity contribution is 5.95.